The van der Waals surface area contributed by atoms with Crippen LogP contribution in [0.4, 0.5) is 14.5 Å². The largest absolute Gasteiger partial charge is 0.478 e. The predicted molar refractivity (Wildman–Crippen MR) is 137 cm³/mol. The maximum Gasteiger partial charge on any atom is 0.335 e. The van der Waals surface area contributed by atoms with Crippen molar-refractivity contribution >= 4 is 29.2 Å². The van der Waals surface area contributed by atoms with Gasteiger partial charge < -0.3 is 15.4 Å². The third-order valence-electron chi connectivity index (χ3n) is 5.86. The molecule has 3 N–H and O–H groups in total. The molecular formula is C28H21ClF2N2O4. The van der Waals surface area contributed by atoms with E-state index >= 15 is 0 Å². The molecule has 0 aliphatic rings. The van der Waals surface area contributed by atoms with Gasteiger partial charge in [-0.2, -0.15) is 0 Å². The van der Waals surface area contributed by atoms with E-state index in [9.17, 15) is 23.2 Å². The molecule has 1 heterocycles. The van der Waals surface area contributed by atoms with Crippen molar-refractivity contribution < 1.29 is 23.5 Å². The summed E-state index contributed by atoms with van der Waals surface area (Å²) in [5, 5.41) is 12.0. The van der Waals surface area contributed by atoms with Crippen molar-refractivity contribution in [2.45, 2.75) is 18.8 Å². The number of rotatable bonds is 8. The number of hydrogen-bond donors (Lipinski definition) is 3. The van der Waals surface area contributed by atoms with Crippen LogP contribution in [0.15, 0.2) is 89.9 Å². The van der Waals surface area contributed by atoms with Crippen molar-refractivity contribution in [1.29, 1.82) is 0 Å². The van der Waals surface area contributed by atoms with Crippen molar-refractivity contribution in [1.82, 2.24) is 4.98 Å². The van der Waals surface area contributed by atoms with Crippen molar-refractivity contribution in [3.63, 3.8) is 0 Å². The number of carboxylic acid groups (broad SMARTS) is 1. The summed E-state index contributed by atoms with van der Waals surface area (Å²) in [4.78, 5) is 40.5. The summed E-state index contributed by atoms with van der Waals surface area (Å²) in [5.74, 6) is -2.50. The number of anilines is 1. The number of nitrogens with one attached hydrogen (secondary N) is 2. The Labute approximate surface area is 215 Å². The average Bonchev–Trinajstić information content (AvgIpc) is 2.88. The molecule has 3 aromatic carbocycles. The van der Waals surface area contributed by atoms with Crippen LogP contribution >= 0.6 is 11.6 Å². The van der Waals surface area contributed by atoms with Crippen molar-refractivity contribution in [3.05, 3.63) is 123 Å². The number of halogens is 3. The van der Waals surface area contributed by atoms with Gasteiger partial charge in [-0.1, -0.05) is 48.0 Å². The molecule has 1 amide bonds. The summed E-state index contributed by atoms with van der Waals surface area (Å²) in [7, 11) is 0. The van der Waals surface area contributed by atoms with Gasteiger partial charge in [0.15, 0.2) is 5.43 Å². The van der Waals surface area contributed by atoms with Gasteiger partial charge in [-0.15, -0.1) is 0 Å². The predicted octanol–water partition coefficient (Wildman–Crippen LogP) is 6.30. The van der Waals surface area contributed by atoms with E-state index in [4.69, 9.17) is 16.7 Å². The van der Waals surface area contributed by atoms with E-state index in [2.05, 4.69) is 10.3 Å². The van der Waals surface area contributed by atoms with E-state index in [1.807, 2.05) is 30.3 Å². The van der Waals surface area contributed by atoms with E-state index in [0.717, 1.165) is 5.56 Å². The van der Waals surface area contributed by atoms with Crippen LogP contribution in [-0.4, -0.2) is 22.0 Å². The summed E-state index contributed by atoms with van der Waals surface area (Å²) in [6.45, 7) is 0. The van der Waals surface area contributed by atoms with Crippen LogP contribution in [0.2, 0.25) is 5.02 Å². The van der Waals surface area contributed by atoms with Gasteiger partial charge in [-0.05, 0) is 48.4 Å². The van der Waals surface area contributed by atoms with Crippen LogP contribution in [-0.2, 0) is 11.2 Å². The molecule has 1 aromatic heterocycles. The molecule has 0 spiro atoms. The van der Waals surface area contributed by atoms with Crippen LogP contribution in [0.3, 0.4) is 0 Å². The van der Waals surface area contributed by atoms with Crippen molar-refractivity contribution in [2.75, 3.05) is 5.32 Å². The Morgan fingerprint density at radius 2 is 1.65 bits per heavy atom. The highest BCUT2D eigenvalue weighted by Gasteiger charge is 2.25. The highest BCUT2D eigenvalue weighted by atomic mass is 35.5. The van der Waals surface area contributed by atoms with Gasteiger partial charge in [0.05, 0.1) is 11.5 Å². The first-order valence-corrected chi connectivity index (χ1v) is 11.6. The second kappa shape index (κ2) is 11.2. The summed E-state index contributed by atoms with van der Waals surface area (Å²) < 4.78 is 27.1. The lowest BCUT2D eigenvalue weighted by Gasteiger charge is -2.18. The Bertz CT molecular complexity index is 1490. The molecule has 0 radical (unpaired) electrons. The molecule has 9 heteroatoms. The smallest absolute Gasteiger partial charge is 0.335 e. The summed E-state index contributed by atoms with van der Waals surface area (Å²) in [5.41, 5.74) is 0.831. The molecule has 188 valence electrons. The fourth-order valence-electron chi connectivity index (χ4n) is 3.98. The number of aromatic carboxylic acids is 1. The molecule has 0 saturated carbocycles. The van der Waals surface area contributed by atoms with E-state index in [0.29, 0.717) is 5.69 Å². The molecule has 37 heavy (non-hydrogen) atoms. The molecule has 0 saturated heterocycles. The zero-order valence-electron chi connectivity index (χ0n) is 19.3. The van der Waals surface area contributed by atoms with Gasteiger partial charge in [0.1, 0.15) is 0 Å². The SMILES string of the molecule is O=C(O)c1ccc(NC(=O)C(Cc2ccccc2)c2c[nH]c(-c3cc(Cl)ccc3C(F)F)cc2=O)cc1. The number of H-pyrrole nitrogens is 1. The number of aromatic amines is 1. The number of pyridine rings is 1. The number of carbonyl (C=O) groups is 2. The number of carbonyl (C=O) groups excluding carboxylic acids is 1. The number of benzene rings is 3. The quantitative estimate of drug-likeness (QED) is 0.253. The fraction of sp³-hybridized carbons (Fsp3) is 0.107. The lowest BCUT2D eigenvalue weighted by molar-refractivity contribution is -0.117. The van der Waals surface area contributed by atoms with Crippen LogP contribution < -0.4 is 10.7 Å². The van der Waals surface area contributed by atoms with E-state index < -0.39 is 29.6 Å². The minimum Gasteiger partial charge on any atom is -0.478 e. The fourth-order valence-corrected chi connectivity index (χ4v) is 4.15. The van der Waals surface area contributed by atoms with E-state index in [1.165, 1.54) is 54.7 Å². The van der Waals surface area contributed by atoms with Gasteiger partial charge in [0.25, 0.3) is 6.43 Å². The molecule has 0 aliphatic carbocycles. The monoisotopic (exact) mass is 522 g/mol. The lowest BCUT2D eigenvalue weighted by atomic mass is 9.91. The first-order chi connectivity index (χ1) is 17.7. The van der Waals surface area contributed by atoms with Crippen LogP contribution in [0.1, 0.15) is 39.4 Å². The first kappa shape index (κ1) is 25.8. The number of alkyl halides is 2. The Hall–Kier alpha value is -4.30. The van der Waals surface area contributed by atoms with Gasteiger partial charge in [0, 0.05) is 45.4 Å². The summed E-state index contributed by atoms with van der Waals surface area (Å²) in [6.07, 6.45) is -1.23. The van der Waals surface area contributed by atoms with Crippen LogP contribution in [0.5, 0.6) is 0 Å². The zero-order chi connectivity index (χ0) is 26.5. The molecule has 0 aliphatic heterocycles. The third kappa shape index (κ3) is 6.10. The van der Waals surface area contributed by atoms with Gasteiger partial charge in [0.2, 0.25) is 5.91 Å². The van der Waals surface area contributed by atoms with Gasteiger partial charge >= 0.3 is 5.97 Å². The summed E-state index contributed by atoms with van der Waals surface area (Å²) >= 11 is 6.01. The average molecular weight is 523 g/mol. The van der Waals surface area contributed by atoms with Crippen LogP contribution in [0, 0.1) is 0 Å². The standard InChI is InChI=1S/C28H21ClF2N2O4/c29-18-8-11-20(26(30)31)21(13-18)24-14-25(34)23(15-32-24)22(12-16-4-2-1-3-5-16)27(35)33-19-9-6-17(7-10-19)28(36)37/h1-11,13-15,22,26H,12H2,(H,32,34)(H,33,35)(H,36,37). The lowest BCUT2D eigenvalue weighted by Crippen LogP contribution is -2.27. The molecule has 0 fully saturated rings. The normalized spacial score (nSPS) is 11.8. The van der Waals surface area contributed by atoms with Gasteiger partial charge in [-0.3, -0.25) is 9.59 Å². The molecular weight excluding hydrogens is 502 g/mol. The molecule has 6 nitrogen and oxygen atoms in total. The third-order valence-corrected chi connectivity index (χ3v) is 6.09. The summed E-state index contributed by atoms with van der Waals surface area (Å²) in [6, 6.07) is 19.8. The maximum atomic E-state index is 13.6. The molecule has 4 rings (SSSR count). The molecule has 1 unspecified atom stereocenters. The second-order valence-electron chi connectivity index (χ2n) is 8.31. The highest BCUT2D eigenvalue weighted by Crippen LogP contribution is 2.32. The van der Waals surface area contributed by atoms with E-state index in [-0.39, 0.29) is 39.4 Å². The molecule has 4 aromatic rings. The van der Waals surface area contributed by atoms with E-state index in [1.54, 1.807) is 0 Å². The number of amides is 1. The Kier molecular flexibility index (Phi) is 7.79. The first-order valence-electron chi connectivity index (χ1n) is 11.2. The topological polar surface area (TPSA) is 99.3 Å². The van der Waals surface area contributed by atoms with Crippen molar-refractivity contribution in [2.24, 2.45) is 0 Å². The minimum absolute atomic E-state index is 0.0649. The maximum absolute atomic E-state index is 13.6. The second-order valence-corrected chi connectivity index (χ2v) is 8.75. The minimum atomic E-state index is -2.78. The molecule has 1 atom stereocenters. The Morgan fingerprint density at radius 3 is 2.27 bits per heavy atom. The zero-order valence-corrected chi connectivity index (χ0v) is 20.0. The Morgan fingerprint density at radius 1 is 0.946 bits per heavy atom. The molecule has 0 bridgehead atoms. The van der Waals surface area contributed by atoms with Gasteiger partial charge in [-0.25, -0.2) is 13.6 Å². The number of carboxylic acids is 1. The highest BCUT2D eigenvalue weighted by molar-refractivity contribution is 6.30. The Balaban J connectivity index is 1.70. The van der Waals surface area contributed by atoms with Crippen molar-refractivity contribution in [3.8, 4) is 11.3 Å². The number of aromatic nitrogens is 1. The number of hydrogen-bond acceptors (Lipinski definition) is 3. The van der Waals surface area contributed by atoms with Crippen LogP contribution in [0.25, 0.3) is 11.3 Å².